The van der Waals surface area contributed by atoms with Crippen LogP contribution >= 0.6 is 0 Å². The molecule has 1 fully saturated rings. The third-order valence-corrected chi connectivity index (χ3v) is 3.20. The molecule has 0 radical (unpaired) electrons. The number of allylic oxidation sites excluding steroid dienone is 1. The monoisotopic (exact) mass is 237 g/mol. The molecule has 1 saturated heterocycles. The molecule has 3 heteroatoms. The second kappa shape index (κ2) is 4.22. The highest BCUT2D eigenvalue weighted by atomic mass is 19.1. The third kappa shape index (κ3) is 2.55. The number of nitrogens with one attached hydrogen (secondary N) is 1. The summed E-state index contributed by atoms with van der Waals surface area (Å²) in [6.07, 6.45) is 0.372. The number of alkyl halides is 1. The quantitative estimate of drug-likeness (QED) is 0.828. The largest absolute Gasteiger partial charge is 0.307 e. The van der Waals surface area contributed by atoms with Crippen LogP contribution in [0.1, 0.15) is 37.4 Å². The lowest BCUT2D eigenvalue weighted by atomic mass is 9.93. The minimum Gasteiger partial charge on any atom is -0.307 e. The van der Waals surface area contributed by atoms with Crippen LogP contribution in [0, 0.1) is 5.82 Å². The van der Waals surface area contributed by atoms with Gasteiger partial charge in [-0.15, -0.1) is 0 Å². The van der Waals surface area contributed by atoms with Gasteiger partial charge in [-0.1, -0.05) is 18.2 Å². The highest BCUT2D eigenvalue weighted by Gasteiger charge is 2.36. The van der Waals surface area contributed by atoms with E-state index in [1.807, 2.05) is 6.92 Å². The lowest BCUT2D eigenvalue weighted by Gasteiger charge is -2.17. The molecule has 1 aliphatic rings. The van der Waals surface area contributed by atoms with Gasteiger partial charge >= 0.3 is 0 Å². The van der Waals surface area contributed by atoms with Gasteiger partial charge in [0.15, 0.2) is 0 Å². The van der Waals surface area contributed by atoms with Crippen molar-refractivity contribution in [1.82, 2.24) is 5.32 Å². The summed E-state index contributed by atoms with van der Waals surface area (Å²) in [4.78, 5) is 0. The Balaban J connectivity index is 2.38. The molecule has 0 bridgehead atoms. The molecule has 0 aliphatic carbocycles. The van der Waals surface area contributed by atoms with Crippen LogP contribution in [0.15, 0.2) is 24.8 Å². The van der Waals surface area contributed by atoms with Gasteiger partial charge in [-0.05, 0) is 37.1 Å². The Morgan fingerprint density at radius 3 is 2.76 bits per heavy atom. The summed E-state index contributed by atoms with van der Waals surface area (Å²) in [7, 11) is 0. The van der Waals surface area contributed by atoms with Gasteiger partial charge in [0.05, 0.1) is 0 Å². The summed E-state index contributed by atoms with van der Waals surface area (Å²) in [5.74, 6) is -0.292. The van der Waals surface area contributed by atoms with E-state index >= 15 is 0 Å². The first-order valence-electron chi connectivity index (χ1n) is 5.77. The van der Waals surface area contributed by atoms with Gasteiger partial charge in [-0.2, -0.15) is 0 Å². The van der Waals surface area contributed by atoms with Crippen molar-refractivity contribution in [2.24, 2.45) is 0 Å². The predicted octanol–water partition coefficient (Wildman–Crippen LogP) is 3.62. The fourth-order valence-electron chi connectivity index (χ4n) is 2.34. The second-order valence-corrected chi connectivity index (χ2v) is 5.06. The van der Waals surface area contributed by atoms with Crippen molar-refractivity contribution in [2.75, 3.05) is 6.54 Å². The van der Waals surface area contributed by atoms with E-state index in [0.717, 1.165) is 16.7 Å². The summed E-state index contributed by atoms with van der Waals surface area (Å²) < 4.78 is 27.1. The highest BCUT2D eigenvalue weighted by Crippen LogP contribution is 2.35. The Labute approximate surface area is 101 Å². The number of rotatable bonds is 2. The number of hydrogen-bond donors (Lipinski definition) is 1. The van der Waals surface area contributed by atoms with E-state index in [-0.39, 0.29) is 11.9 Å². The average molecular weight is 237 g/mol. The molecule has 1 aliphatic heterocycles. The van der Waals surface area contributed by atoms with Crippen molar-refractivity contribution in [2.45, 2.75) is 32.0 Å². The first-order valence-corrected chi connectivity index (χ1v) is 5.77. The van der Waals surface area contributed by atoms with Gasteiger partial charge in [0.2, 0.25) is 0 Å². The Hall–Kier alpha value is -1.22. The Morgan fingerprint density at radius 1 is 1.53 bits per heavy atom. The molecule has 1 heterocycles. The first kappa shape index (κ1) is 12.2. The zero-order chi connectivity index (χ0) is 12.6. The van der Waals surface area contributed by atoms with E-state index < -0.39 is 5.67 Å². The van der Waals surface area contributed by atoms with E-state index in [2.05, 4.69) is 11.9 Å². The number of benzene rings is 1. The molecular weight excluding hydrogens is 220 g/mol. The molecule has 0 amide bonds. The summed E-state index contributed by atoms with van der Waals surface area (Å²) in [6.45, 7) is 7.63. The summed E-state index contributed by atoms with van der Waals surface area (Å²) in [6, 6.07) is 4.47. The SMILES string of the molecule is C=C(C)c1ccc(F)cc1C1CC(C)(F)CN1. The third-order valence-electron chi connectivity index (χ3n) is 3.20. The van der Waals surface area contributed by atoms with Crippen molar-refractivity contribution >= 4 is 5.57 Å². The van der Waals surface area contributed by atoms with Crippen molar-refractivity contribution in [1.29, 1.82) is 0 Å². The molecule has 17 heavy (non-hydrogen) atoms. The predicted molar refractivity (Wildman–Crippen MR) is 66.0 cm³/mol. The van der Waals surface area contributed by atoms with E-state index in [1.165, 1.54) is 12.1 Å². The standard InChI is InChI=1S/C14H17F2N/c1-9(2)11-5-4-10(15)6-12(11)13-7-14(3,16)8-17-13/h4-6,13,17H,1,7-8H2,2-3H3. The van der Waals surface area contributed by atoms with Crippen LogP contribution in [-0.2, 0) is 0 Å². The highest BCUT2D eigenvalue weighted by molar-refractivity contribution is 5.65. The number of halogens is 2. The van der Waals surface area contributed by atoms with Crippen molar-refractivity contribution < 1.29 is 8.78 Å². The molecule has 2 unspecified atom stereocenters. The van der Waals surface area contributed by atoms with Gasteiger partial charge < -0.3 is 5.32 Å². The van der Waals surface area contributed by atoms with Crippen LogP contribution in [0.4, 0.5) is 8.78 Å². The van der Waals surface area contributed by atoms with Crippen LogP contribution in [0.25, 0.3) is 5.57 Å². The van der Waals surface area contributed by atoms with Gasteiger partial charge in [-0.3, -0.25) is 0 Å². The van der Waals surface area contributed by atoms with Gasteiger partial charge in [0.1, 0.15) is 11.5 Å². The number of hydrogen-bond acceptors (Lipinski definition) is 1. The maximum Gasteiger partial charge on any atom is 0.123 e. The van der Waals surface area contributed by atoms with Gasteiger partial charge in [0, 0.05) is 19.0 Å². The van der Waals surface area contributed by atoms with Gasteiger partial charge in [-0.25, -0.2) is 8.78 Å². The molecule has 0 spiro atoms. The average Bonchev–Trinajstić information content (AvgIpc) is 2.58. The van der Waals surface area contributed by atoms with Crippen LogP contribution in [0.2, 0.25) is 0 Å². The van der Waals surface area contributed by atoms with Gasteiger partial charge in [0.25, 0.3) is 0 Å². The van der Waals surface area contributed by atoms with E-state index in [0.29, 0.717) is 13.0 Å². The molecule has 1 aromatic carbocycles. The normalized spacial score (nSPS) is 28.4. The minimum absolute atomic E-state index is 0.132. The van der Waals surface area contributed by atoms with E-state index in [9.17, 15) is 8.78 Å². The van der Waals surface area contributed by atoms with Crippen LogP contribution in [0.5, 0.6) is 0 Å². The maximum absolute atomic E-state index is 13.8. The fourth-order valence-corrected chi connectivity index (χ4v) is 2.34. The molecule has 1 aromatic rings. The molecule has 0 aromatic heterocycles. The fraction of sp³-hybridized carbons (Fsp3) is 0.429. The summed E-state index contributed by atoms with van der Waals surface area (Å²) in [5, 5.41) is 3.10. The topological polar surface area (TPSA) is 12.0 Å². The van der Waals surface area contributed by atoms with E-state index in [4.69, 9.17) is 0 Å². The molecular formula is C14H17F2N. The summed E-state index contributed by atoms with van der Waals surface area (Å²) in [5.41, 5.74) is 1.36. The minimum atomic E-state index is -1.22. The van der Waals surface area contributed by atoms with Crippen LogP contribution in [-0.4, -0.2) is 12.2 Å². The zero-order valence-electron chi connectivity index (χ0n) is 10.2. The first-order chi connectivity index (χ1) is 7.89. The zero-order valence-corrected chi connectivity index (χ0v) is 10.2. The molecule has 1 nitrogen and oxygen atoms in total. The summed E-state index contributed by atoms with van der Waals surface area (Å²) >= 11 is 0. The molecule has 92 valence electrons. The molecule has 1 N–H and O–H groups in total. The van der Waals surface area contributed by atoms with Crippen molar-refractivity contribution in [3.05, 3.63) is 41.7 Å². The van der Waals surface area contributed by atoms with Crippen LogP contribution < -0.4 is 5.32 Å². The smallest absolute Gasteiger partial charge is 0.123 e. The van der Waals surface area contributed by atoms with Crippen LogP contribution in [0.3, 0.4) is 0 Å². The van der Waals surface area contributed by atoms with E-state index in [1.54, 1.807) is 13.0 Å². The molecule has 0 saturated carbocycles. The lowest BCUT2D eigenvalue weighted by Crippen LogP contribution is -2.21. The van der Waals surface area contributed by atoms with Crippen molar-refractivity contribution in [3.63, 3.8) is 0 Å². The Kier molecular flexibility index (Phi) is 3.04. The molecule has 2 atom stereocenters. The molecule has 2 rings (SSSR count). The second-order valence-electron chi connectivity index (χ2n) is 5.06. The van der Waals surface area contributed by atoms with Crippen molar-refractivity contribution in [3.8, 4) is 0 Å². The Bertz CT molecular complexity index is 452. The Morgan fingerprint density at radius 2 is 2.24 bits per heavy atom. The maximum atomic E-state index is 13.8. The lowest BCUT2D eigenvalue weighted by molar-refractivity contribution is 0.214.